The maximum absolute atomic E-state index is 12.2. The fourth-order valence-electron chi connectivity index (χ4n) is 2.87. The predicted molar refractivity (Wildman–Crippen MR) is 87.0 cm³/mol. The van der Waals surface area contributed by atoms with Gasteiger partial charge in [-0.1, -0.05) is 39.0 Å². The molecule has 0 spiro atoms. The van der Waals surface area contributed by atoms with Crippen molar-refractivity contribution in [3.8, 4) is 0 Å². The molecule has 1 fully saturated rings. The fraction of sp³-hybridized carbons (Fsp3) is 0.611. The molecule has 1 heterocycles. The van der Waals surface area contributed by atoms with Crippen LogP contribution in [0, 0.1) is 25.2 Å². The van der Waals surface area contributed by atoms with Crippen molar-refractivity contribution in [2.24, 2.45) is 17.1 Å². The summed E-state index contributed by atoms with van der Waals surface area (Å²) >= 11 is 0. The molecule has 0 saturated carbocycles. The molecule has 116 valence electrons. The Morgan fingerprint density at radius 2 is 1.95 bits per heavy atom. The molecule has 1 saturated heterocycles. The summed E-state index contributed by atoms with van der Waals surface area (Å²) < 4.78 is 0. The van der Waals surface area contributed by atoms with Crippen LogP contribution in [0.15, 0.2) is 18.2 Å². The van der Waals surface area contributed by atoms with Crippen LogP contribution in [0.1, 0.15) is 49.9 Å². The molecule has 2 unspecified atom stereocenters. The molecule has 1 aliphatic rings. The van der Waals surface area contributed by atoms with Crippen molar-refractivity contribution >= 4 is 5.91 Å². The Morgan fingerprint density at radius 3 is 2.48 bits per heavy atom. The van der Waals surface area contributed by atoms with Crippen LogP contribution in [0.2, 0.25) is 0 Å². The summed E-state index contributed by atoms with van der Waals surface area (Å²) in [4.78, 5) is 14.1. The first kappa shape index (κ1) is 16.0. The molecule has 0 aromatic heterocycles. The highest BCUT2D eigenvalue weighted by molar-refractivity contribution is 5.78. The highest BCUT2D eigenvalue weighted by Crippen LogP contribution is 2.34. The van der Waals surface area contributed by atoms with Crippen molar-refractivity contribution in [3.05, 3.63) is 34.9 Å². The maximum Gasteiger partial charge on any atom is 0.223 e. The van der Waals surface area contributed by atoms with E-state index in [-0.39, 0.29) is 17.4 Å². The fourth-order valence-corrected chi connectivity index (χ4v) is 2.87. The first-order chi connectivity index (χ1) is 9.68. The highest BCUT2D eigenvalue weighted by Gasteiger charge is 2.37. The SMILES string of the molecule is Cc1ccc(C(N)CN2CC(C(C)(C)C)CC2=O)cc1C. The molecule has 1 aliphatic heterocycles. The second-order valence-corrected chi connectivity index (χ2v) is 7.52. The van der Waals surface area contributed by atoms with Gasteiger partial charge in [0.15, 0.2) is 0 Å². The molecule has 0 aliphatic carbocycles. The minimum absolute atomic E-state index is 0.105. The number of hydrogen-bond donors (Lipinski definition) is 1. The first-order valence-electron chi connectivity index (χ1n) is 7.79. The lowest BCUT2D eigenvalue weighted by Crippen LogP contribution is -2.34. The summed E-state index contributed by atoms with van der Waals surface area (Å²) in [6.07, 6.45) is 0.656. The quantitative estimate of drug-likeness (QED) is 0.928. The van der Waals surface area contributed by atoms with Crippen LogP contribution in [0.3, 0.4) is 0 Å². The first-order valence-corrected chi connectivity index (χ1v) is 7.79. The van der Waals surface area contributed by atoms with Crippen molar-refractivity contribution in [2.75, 3.05) is 13.1 Å². The number of carbonyl (C=O) groups is 1. The molecule has 1 aromatic carbocycles. The summed E-state index contributed by atoms with van der Waals surface area (Å²) in [5.41, 5.74) is 10.1. The van der Waals surface area contributed by atoms with Gasteiger partial charge in [-0.25, -0.2) is 0 Å². The van der Waals surface area contributed by atoms with Gasteiger partial charge in [-0.2, -0.15) is 0 Å². The minimum Gasteiger partial charge on any atom is -0.340 e. The third kappa shape index (κ3) is 3.65. The molecule has 2 atom stereocenters. The van der Waals surface area contributed by atoms with E-state index in [2.05, 4.69) is 52.8 Å². The Bertz CT molecular complexity index is 531. The molecule has 0 radical (unpaired) electrons. The number of nitrogens with zero attached hydrogens (tertiary/aromatic N) is 1. The van der Waals surface area contributed by atoms with Gasteiger partial charge in [0, 0.05) is 25.6 Å². The Hall–Kier alpha value is -1.35. The minimum atomic E-state index is -0.105. The van der Waals surface area contributed by atoms with Gasteiger partial charge < -0.3 is 10.6 Å². The third-order valence-electron chi connectivity index (χ3n) is 4.82. The zero-order valence-electron chi connectivity index (χ0n) is 13.9. The summed E-state index contributed by atoms with van der Waals surface area (Å²) in [6, 6.07) is 6.22. The molecule has 1 aromatic rings. The van der Waals surface area contributed by atoms with Crippen LogP contribution in [0.25, 0.3) is 0 Å². The lowest BCUT2D eigenvalue weighted by Gasteiger charge is -2.27. The number of hydrogen-bond acceptors (Lipinski definition) is 2. The van der Waals surface area contributed by atoms with E-state index in [0.29, 0.717) is 18.9 Å². The van der Waals surface area contributed by atoms with E-state index >= 15 is 0 Å². The van der Waals surface area contributed by atoms with E-state index in [4.69, 9.17) is 5.73 Å². The Morgan fingerprint density at radius 1 is 1.29 bits per heavy atom. The zero-order valence-corrected chi connectivity index (χ0v) is 13.9. The average Bonchev–Trinajstić information content (AvgIpc) is 2.74. The molecular formula is C18H28N2O. The van der Waals surface area contributed by atoms with Gasteiger partial charge >= 0.3 is 0 Å². The topological polar surface area (TPSA) is 46.3 Å². The second kappa shape index (κ2) is 5.80. The van der Waals surface area contributed by atoms with Crippen molar-refractivity contribution in [1.82, 2.24) is 4.90 Å². The largest absolute Gasteiger partial charge is 0.340 e. The molecule has 3 nitrogen and oxygen atoms in total. The Kier molecular flexibility index (Phi) is 4.43. The van der Waals surface area contributed by atoms with Crippen LogP contribution in [-0.4, -0.2) is 23.9 Å². The molecule has 0 bridgehead atoms. The molecular weight excluding hydrogens is 260 g/mol. The van der Waals surface area contributed by atoms with E-state index in [1.54, 1.807) is 0 Å². The van der Waals surface area contributed by atoms with Gasteiger partial charge in [0.05, 0.1) is 0 Å². The number of likely N-dealkylation sites (tertiary alicyclic amines) is 1. The Labute approximate surface area is 128 Å². The summed E-state index contributed by atoms with van der Waals surface area (Å²) in [7, 11) is 0. The Balaban J connectivity index is 2.04. The van der Waals surface area contributed by atoms with E-state index in [1.807, 2.05) is 4.90 Å². The number of amides is 1. The molecule has 1 amide bonds. The lowest BCUT2D eigenvalue weighted by atomic mass is 9.80. The van der Waals surface area contributed by atoms with Gasteiger partial charge in [0.1, 0.15) is 0 Å². The number of carbonyl (C=O) groups excluding carboxylic acids is 1. The average molecular weight is 288 g/mol. The summed E-state index contributed by atoms with van der Waals surface area (Å²) in [6.45, 7) is 12.3. The molecule has 21 heavy (non-hydrogen) atoms. The smallest absolute Gasteiger partial charge is 0.223 e. The maximum atomic E-state index is 12.2. The van der Waals surface area contributed by atoms with Crippen LogP contribution in [0.5, 0.6) is 0 Å². The van der Waals surface area contributed by atoms with Crippen LogP contribution in [0.4, 0.5) is 0 Å². The molecule has 2 rings (SSSR count). The van der Waals surface area contributed by atoms with E-state index in [0.717, 1.165) is 12.1 Å². The number of aryl methyl sites for hydroxylation is 2. The number of benzene rings is 1. The standard InChI is InChI=1S/C18H28N2O/c1-12-6-7-14(8-13(12)2)16(19)11-20-10-15(9-17(20)21)18(3,4)5/h6-8,15-16H,9-11,19H2,1-5H3. The summed E-state index contributed by atoms with van der Waals surface area (Å²) in [5.74, 6) is 0.672. The number of nitrogens with two attached hydrogens (primary N) is 1. The molecule has 3 heteroatoms. The monoisotopic (exact) mass is 288 g/mol. The van der Waals surface area contributed by atoms with Gasteiger partial charge in [-0.15, -0.1) is 0 Å². The third-order valence-corrected chi connectivity index (χ3v) is 4.82. The van der Waals surface area contributed by atoms with Crippen molar-refractivity contribution in [1.29, 1.82) is 0 Å². The van der Waals surface area contributed by atoms with E-state index < -0.39 is 0 Å². The van der Waals surface area contributed by atoms with Crippen LogP contribution < -0.4 is 5.73 Å². The summed E-state index contributed by atoms with van der Waals surface area (Å²) in [5, 5.41) is 0. The normalized spacial score (nSPS) is 21.0. The van der Waals surface area contributed by atoms with Crippen molar-refractivity contribution in [3.63, 3.8) is 0 Å². The van der Waals surface area contributed by atoms with Gasteiger partial charge in [0.25, 0.3) is 0 Å². The van der Waals surface area contributed by atoms with Gasteiger partial charge in [-0.3, -0.25) is 4.79 Å². The van der Waals surface area contributed by atoms with Crippen LogP contribution in [-0.2, 0) is 4.79 Å². The van der Waals surface area contributed by atoms with Gasteiger partial charge in [-0.05, 0) is 41.9 Å². The van der Waals surface area contributed by atoms with Crippen molar-refractivity contribution < 1.29 is 4.79 Å². The zero-order chi connectivity index (χ0) is 15.8. The molecule has 2 N–H and O–H groups in total. The highest BCUT2D eigenvalue weighted by atomic mass is 16.2. The van der Waals surface area contributed by atoms with E-state index in [1.165, 1.54) is 11.1 Å². The van der Waals surface area contributed by atoms with Gasteiger partial charge in [0.2, 0.25) is 5.91 Å². The predicted octanol–water partition coefficient (Wildman–Crippen LogP) is 3.20. The number of rotatable bonds is 3. The van der Waals surface area contributed by atoms with E-state index in [9.17, 15) is 4.79 Å². The lowest BCUT2D eigenvalue weighted by molar-refractivity contribution is -0.128. The second-order valence-electron chi connectivity index (χ2n) is 7.52. The van der Waals surface area contributed by atoms with Crippen molar-refractivity contribution in [2.45, 2.75) is 47.1 Å². The van der Waals surface area contributed by atoms with Crippen LogP contribution >= 0.6 is 0 Å².